The molecule has 8 heteroatoms. The molecule has 8 nitrogen and oxygen atoms in total. The molecule has 2 amide bonds. The minimum Gasteiger partial charge on any atom is -0.490 e. The van der Waals surface area contributed by atoms with Crippen molar-refractivity contribution in [2.45, 2.75) is 26.9 Å². The van der Waals surface area contributed by atoms with Crippen molar-refractivity contribution in [3.8, 4) is 23.0 Å². The van der Waals surface area contributed by atoms with Crippen LogP contribution in [0.25, 0.3) is 6.08 Å². The quantitative estimate of drug-likeness (QED) is 0.484. The maximum atomic E-state index is 12.3. The molecule has 1 heterocycles. The maximum absolute atomic E-state index is 12.3. The summed E-state index contributed by atoms with van der Waals surface area (Å²) in [6.45, 7) is 7.17. The molecule has 1 aliphatic heterocycles. The second-order valence-electron chi connectivity index (χ2n) is 7.52. The summed E-state index contributed by atoms with van der Waals surface area (Å²) in [6.07, 6.45) is 2.07. The molecular weight excluding hydrogens is 412 g/mol. The van der Waals surface area contributed by atoms with Gasteiger partial charge in [0.05, 0.1) is 13.2 Å². The van der Waals surface area contributed by atoms with E-state index in [2.05, 4.69) is 24.7 Å². The van der Waals surface area contributed by atoms with Crippen molar-refractivity contribution in [2.24, 2.45) is 5.92 Å². The number of carbonyl (C=O) groups is 2. The van der Waals surface area contributed by atoms with E-state index in [4.69, 9.17) is 18.9 Å². The van der Waals surface area contributed by atoms with E-state index in [-0.39, 0.29) is 6.61 Å². The Kier molecular flexibility index (Phi) is 7.96. The van der Waals surface area contributed by atoms with Gasteiger partial charge in [0.15, 0.2) is 23.0 Å². The van der Waals surface area contributed by atoms with Crippen LogP contribution in [-0.2, 0) is 9.59 Å². The molecule has 2 N–H and O–H groups in total. The van der Waals surface area contributed by atoms with Gasteiger partial charge in [-0.2, -0.15) is 0 Å². The molecule has 0 aliphatic carbocycles. The molecule has 2 aromatic carbocycles. The Bertz CT molecular complexity index is 973. The second kappa shape index (κ2) is 11.1. The molecule has 32 heavy (non-hydrogen) atoms. The zero-order chi connectivity index (χ0) is 22.9. The summed E-state index contributed by atoms with van der Waals surface area (Å²) >= 11 is 0. The standard InChI is InChI=1S/C24H28N2O6/c1-4-29-21-13-17(9-11-19(21)30-14-16(2)3)10-12-23(27)25-26-24(28)22-15-31-18-7-5-6-8-20(18)32-22/h5-13,16,22H,4,14-15H2,1-3H3,(H,25,27)(H,26,28). The first-order valence-corrected chi connectivity index (χ1v) is 10.5. The Balaban J connectivity index is 1.52. The SMILES string of the molecule is CCOc1cc(C=CC(=O)NNC(=O)C2COc3ccccc3O2)ccc1OCC(C)C. The van der Waals surface area contributed by atoms with E-state index in [0.29, 0.717) is 42.1 Å². The number of hydrazine groups is 1. The smallest absolute Gasteiger partial charge is 0.283 e. The van der Waals surface area contributed by atoms with Crippen LogP contribution in [0.5, 0.6) is 23.0 Å². The third-order valence-electron chi connectivity index (χ3n) is 4.38. The van der Waals surface area contributed by atoms with Crippen LogP contribution in [0.1, 0.15) is 26.3 Å². The highest BCUT2D eigenvalue weighted by molar-refractivity contribution is 5.93. The molecule has 1 aliphatic rings. The summed E-state index contributed by atoms with van der Waals surface area (Å²) in [6, 6.07) is 12.5. The van der Waals surface area contributed by atoms with Gasteiger partial charge in [-0.1, -0.05) is 32.0 Å². The van der Waals surface area contributed by atoms with Gasteiger partial charge in [0.1, 0.15) is 6.61 Å². The summed E-state index contributed by atoms with van der Waals surface area (Å²) in [4.78, 5) is 24.4. The second-order valence-corrected chi connectivity index (χ2v) is 7.52. The number of hydrogen-bond acceptors (Lipinski definition) is 6. The maximum Gasteiger partial charge on any atom is 0.283 e. The van der Waals surface area contributed by atoms with E-state index in [9.17, 15) is 9.59 Å². The molecule has 0 bridgehead atoms. The van der Waals surface area contributed by atoms with Crippen LogP contribution in [-0.4, -0.2) is 37.7 Å². The van der Waals surface area contributed by atoms with Crippen molar-refractivity contribution in [2.75, 3.05) is 19.8 Å². The van der Waals surface area contributed by atoms with Crippen molar-refractivity contribution in [1.29, 1.82) is 0 Å². The molecule has 170 valence electrons. The third kappa shape index (κ3) is 6.41. The Morgan fingerprint density at radius 2 is 1.88 bits per heavy atom. The lowest BCUT2D eigenvalue weighted by Crippen LogP contribution is -2.50. The molecule has 1 unspecified atom stereocenters. The zero-order valence-electron chi connectivity index (χ0n) is 18.4. The molecule has 0 saturated carbocycles. The number of fused-ring (bicyclic) bond motifs is 1. The van der Waals surface area contributed by atoms with Crippen LogP contribution in [0.4, 0.5) is 0 Å². The van der Waals surface area contributed by atoms with Crippen molar-refractivity contribution < 1.29 is 28.5 Å². The van der Waals surface area contributed by atoms with Crippen molar-refractivity contribution in [3.63, 3.8) is 0 Å². The fraction of sp³-hybridized carbons (Fsp3) is 0.333. The summed E-state index contributed by atoms with van der Waals surface area (Å²) in [7, 11) is 0. The number of ether oxygens (including phenoxy) is 4. The van der Waals surface area contributed by atoms with Crippen LogP contribution in [0.2, 0.25) is 0 Å². The predicted octanol–water partition coefficient (Wildman–Crippen LogP) is 3.12. The van der Waals surface area contributed by atoms with E-state index in [1.54, 1.807) is 30.3 Å². The van der Waals surface area contributed by atoms with Gasteiger partial charge in [-0.05, 0) is 48.7 Å². The lowest BCUT2D eigenvalue weighted by molar-refractivity contribution is -0.134. The highest BCUT2D eigenvalue weighted by Crippen LogP contribution is 2.31. The number of hydrogen-bond donors (Lipinski definition) is 2. The summed E-state index contributed by atoms with van der Waals surface area (Å²) in [5.41, 5.74) is 5.45. The average molecular weight is 440 g/mol. The topological polar surface area (TPSA) is 95.1 Å². The first kappa shape index (κ1) is 23.0. The van der Waals surface area contributed by atoms with Gasteiger partial charge in [0, 0.05) is 6.08 Å². The van der Waals surface area contributed by atoms with E-state index in [1.807, 2.05) is 25.1 Å². The van der Waals surface area contributed by atoms with Gasteiger partial charge in [-0.25, -0.2) is 0 Å². The van der Waals surface area contributed by atoms with E-state index in [0.717, 1.165) is 5.56 Å². The summed E-state index contributed by atoms with van der Waals surface area (Å²) in [5, 5.41) is 0. The monoisotopic (exact) mass is 440 g/mol. The van der Waals surface area contributed by atoms with Gasteiger partial charge in [-0.15, -0.1) is 0 Å². The minimum absolute atomic E-state index is 0.0555. The van der Waals surface area contributed by atoms with Gasteiger partial charge in [0.25, 0.3) is 11.8 Å². The van der Waals surface area contributed by atoms with Crippen LogP contribution < -0.4 is 29.8 Å². The van der Waals surface area contributed by atoms with Crippen LogP contribution in [0, 0.1) is 5.92 Å². The molecule has 0 aromatic heterocycles. The highest BCUT2D eigenvalue weighted by Gasteiger charge is 2.27. The number of carbonyl (C=O) groups excluding carboxylic acids is 2. The molecule has 0 fully saturated rings. The van der Waals surface area contributed by atoms with Gasteiger partial charge >= 0.3 is 0 Å². The average Bonchev–Trinajstić information content (AvgIpc) is 2.80. The number of nitrogens with one attached hydrogen (secondary N) is 2. The van der Waals surface area contributed by atoms with E-state index in [1.165, 1.54) is 6.08 Å². The van der Waals surface area contributed by atoms with Crippen LogP contribution in [0.15, 0.2) is 48.5 Å². The first-order chi connectivity index (χ1) is 15.5. The van der Waals surface area contributed by atoms with Crippen LogP contribution >= 0.6 is 0 Å². The number of amides is 2. The molecule has 2 aromatic rings. The van der Waals surface area contributed by atoms with Gasteiger partial charge in [0.2, 0.25) is 6.10 Å². The van der Waals surface area contributed by atoms with Crippen molar-refractivity contribution in [3.05, 3.63) is 54.1 Å². The molecule has 0 spiro atoms. The molecular formula is C24H28N2O6. The lowest BCUT2D eigenvalue weighted by atomic mass is 10.2. The largest absolute Gasteiger partial charge is 0.490 e. The fourth-order valence-electron chi connectivity index (χ4n) is 2.84. The predicted molar refractivity (Wildman–Crippen MR) is 120 cm³/mol. The van der Waals surface area contributed by atoms with E-state index >= 15 is 0 Å². The Morgan fingerprint density at radius 3 is 2.62 bits per heavy atom. The van der Waals surface area contributed by atoms with Gasteiger partial charge in [-0.3, -0.25) is 20.4 Å². The zero-order valence-corrected chi connectivity index (χ0v) is 18.4. The Morgan fingerprint density at radius 1 is 1.09 bits per heavy atom. The first-order valence-electron chi connectivity index (χ1n) is 10.5. The molecule has 1 atom stereocenters. The summed E-state index contributed by atoms with van der Waals surface area (Å²) < 4.78 is 22.5. The van der Waals surface area contributed by atoms with Crippen molar-refractivity contribution >= 4 is 17.9 Å². The Hall–Kier alpha value is -3.68. The highest BCUT2D eigenvalue weighted by atomic mass is 16.6. The number of para-hydroxylation sites is 2. The molecule has 3 rings (SSSR count). The van der Waals surface area contributed by atoms with Crippen LogP contribution in [0.3, 0.4) is 0 Å². The minimum atomic E-state index is -0.860. The lowest BCUT2D eigenvalue weighted by Gasteiger charge is -2.25. The van der Waals surface area contributed by atoms with E-state index < -0.39 is 17.9 Å². The fourth-order valence-corrected chi connectivity index (χ4v) is 2.84. The van der Waals surface area contributed by atoms with Crippen molar-refractivity contribution in [1.82, 2.24) is 10.9 Å². The number of rotatable bonds is 8. The molecule has 0 saturated heterocycles. The molecule has 0 radical (unpaired) electrons. The van der Waals surface area contributed by atoms with Gasteiger partial charge < -0.3 is 18.9 Å². The third-order valence-corrected chi connectivity index (χ3v) is 4.38. The summed E-state index contributed by atoms with van der Waals surface area (Å²) in [5.74, 6) is 1.72. The number of benzene rings is 2. The normalized spacial score (nSPS) is 14.8. The Labute approximate surface area is 187 Å².